The van der Waals surface area contributed by atoms with Crippen LogP contribution in [0.1, 0.15) is 32.3 Å². The number of carbonyl (C=O) groups excluding carboxylic acids is 1. The fourth-order valence-electron chi connectivity index (χ4n) is 3.04. The van der Waals surface area contributed by atoms with Gasteiger partial charge in [-0.3, -0.25) is 4.79 Å². The maximum atomic E-state index is 12.5. The van der Waals surface area contributed by atoms with E-state index in [1.807, 2.05) is 50.2 Å². The summed E-state index contributed by atoms with van der Waals surface area (Å²) in [5, 5.41) is 6.33. The number of fused-ring (bicyclic) bond motifs is 1. The SMILES string of the molecule is CC(CCc1ccccc1)NC(=O)C(C)Nc1ccc2c(c1)OCCCO2. The topological polar surface area (TPSA) is 59.6 Å². The highest BCUT2D eigenvalue weighted by molar-refractivity contribution is 5.84. The monoisotopic (exact) mass is 368 g/mol. The number of hydrogen-bond acceptors (Lipinski definition) is 4. The highest BCUT2D eigenvalue weighted by Crippen LogP contribution is 2.32. The minimum Gasteiger partial charge on any atom is -0.490 e. The average Bonchev–Trinajstić information content (AvgIpc) is 2.92. The predicted molar refractivity (Wildman–Crippen MR) is 108 cm³/mol. The van der Waals surface area contributed by atoms with Crippen LogP contribution in [0.5, 0.6) is 11.5 Å². The van der Waals surface area contributed by atoms with Crippen molar-refractivity contribution in [1.29, 1.82) is 0 Å². The summed E-state index contributed by atoms with van der Waals surface area (Å²) < 4.78 is 11.3. The third-order valence-electron chi connectivity index (χ3n) is 4.62. The van der Waals surface area contributed by atoms with Gasteiger partial charge in [0.05, 0.1) is 13.2 Å². The molecule has 144 valence electrons. The Kier molecular flexibility index (Phi) is 6.58. The average molecular weight is 368 g/mol. The third kappa shape index (κ3) is 5.64. The molecule has 0 radical (unpaired) electrons. The lowest BCUT2D eigenvalue weighted by Gasteiger charge is -2.20. The number of aryl methyl sites for hydroxylation is 1. The van der Waals surface area contributed by atoms with Crippen LogP contribution in [0.25, 0.3) is 0 Å². The molecule has 0 saturated carbocycles. The first-order valence-electron chi connectivity index (χ1n) is 9.62. The Bertz CT molecular complexity index is 748. The predicted octanol–water partition coefficient (Wildman–Crippen LogP) is 3.79. The van der Waals surface area contributed by atoms with Crippen LogP contribution in [-0.4, -0.2) is 31.2 Å². The summed E-state index contributed by atoms with van der Waals surface area (Å²) in [5.41, 5.74) is 2.14. The van der Waals surface area contributed by atoms with Crippen molar-refractivity contribution >= 4 is 11.6 Å². The van der Waals surface area contributed by atoms with E-state index in [2.05, 4.69) is 22.8 Å². The van der Waals surface area contributed by atoms with Crippen molar-refractivity contribution in [3.8, 4) is 11.5 Å². The molecule has 1 amide bonds. The second-order valence-electron chi connectivity index (χ2n) is 7.01. The van der Waals surface area contributed by atoms with E-state index in [0.717, 1.165) is 36.4 Å². The fourth-order valence-corrected chi connectivity index (χ4v) is 3.04. The molecule has 0 bridgehead atoms. The van der Waals surface area contributed by atoms with Crippen LogP contribution < -0.4 is 20.1 Å². The van der Waals surface area contributed by atoms with Crippen molar-refractivity contribution in [3.05, 3.63) is 54.1 Å². The number of amides is 1. The Morgan fingerprint density at radius 2 is 1.78 bits per heavy atom. The van der Waals surface area contributed by atoms with Crippen LogP contribution in [0, 0.1) is 0 Å². The molecule has 1 aliphatic heterocycles. The van der Waals surface area contributed by atoms with Gasteiger partial charge >= 0.3 is 0 Å². The highest BCUT2D eigenvalue weighted by atomic mass is 16.5. The van der Waals surface area contributed by atoms with E-state index in [4.69, 9.17) is 9.47 Å². The molecule has 0 fully saturated rings. The lowest BCUT2D eigenvalue weighted by atomic mass is 10.1. The molecular formula is C22H28N2O3. The lowest BCUT2D eigenvalue weighted by molar-refractivity contribution is -0.122. The molecule has 2 aromatic rings. The first-order valence-corrected chi connectivity index (χ1v) is 9.62. The second-order valence-corrected chi connectivity index (χ2v) is 7.01. The largest absolute Gasteiger partial charge is 0.490 e. The van der Waals surface area contributed by atoms with Crippen LogP contribution >= 0.6 is 0 Å². The van der Waals surface area contributed by atoms with Crippen LogP contribution in [0.4, 0.5) is 5.69 Å². The first-order chi connectivity index (χ1) is 13.1. The number of nitrogens with one attached hydrogen (secondary N) is 2. The van der Waals surface area contributed by atoms with Crippen molar-refractivity contribution < 1.29 is 14.3 Å². The van der Waals surface area contributed by atoms with Gasteiger partial charge in [0.25, 0.3) is 0 Å². The maximum absolute atomic E-state index is 12.5. The van der Waals surface area contributed by atoms with Crippen molar-refractivity contribution in [2.45, 2.75) is 45.2 Å². The standard InChI is InChI=1S/C22H28N2O3/c1-16(9-10-18-7-4-3-5-8-18)23-22(25)17(2)24-19-11-12-20-21(15-19)27-14-6-13-26-20/h3-5,7-8,11-12,15-17,24H,6,9-10,13-14H2,1-2H3,(H,23,25). The number of anilines is 1. The highest BCUT2D eigenvalue weighted by Gasteiger charge is 2.17. The maximum Gasteiger partial charge on any atom is 0.242 e. The summed E-state index contributed by atoms with van der Waals surface area (Å²) in [6.07, 6.45) is 2.73. The zero-order chi connectivity index (χ0) is 19.1. The van der Waals surface area contributed by atoms with E-state index >= 15 is 0 Å². The van der Waals surface area contributed by atoms with Gasteiger partial charge in [-0.2, -0.15) is 0 Å². The zero-order valence-electron chi connectivity index (χ0n) is 16.0. The molecule has 5 heteroatoms. The smallest absolute Gasteiger partial charge is 0.242 e. The third-order valence-corrected chi connectivity index (χ3v) is 4.62. The van der Waals surface area contributed by atoms with E-state index in [9.17, 15) is 4.79 Å². The Morgan fingerprint density at radius 1 is 1.04 bits per heavy atom. The van der Waals surface area contributed by atoms with Crippen molar-refractivity contribution in [2.24, 2.45) is 0 Å². The molecule has 27 heavy (non-hydrogen) atoms. The van der Waals surface area contributed by atoms with Crippen LogP contribution in [0.2, 0.25) is 0 Å². The van der Waals surface area contributed by atoms with Gasteiger partial charge in [-0.05, 0) is 44.4 Å². The molecule has 0 aromatic heterocycles. The molecular weight excluding hydrogens is 340 g/mol. The molecule has 0 spiro atoms. The number of carbonyl (C=O) groups is 1. The summed E-state index contributed by atoms with van der Waals surface area (Å²) in [7, 11) is 0. The van der Waals surface area contributed by atoms with E-state index in [0.29, 0.717) is 13.2 Å². The van der Waals surface area contributed by atoms with Crippen LogP contribution in [0.15, 0.2) is 48.5 Å². The van der Waals surface area contributed by atoms with Gasteiger partial charge in [0.15, 0.2) is 11.5 Å². The fraction of sp³-hybridized carbons (Fsp3) is 0.409. The molecule has 0 saturated heterocycles. The quantitative estimate of drug-likeness (QED) is 0.781. The minimum absolute atomic E-state index is 0.0114. The molecule has 5 nitrogen and oxygen atoms in total. The summed E-state index contributed by atoms with van der Waals surface area (Å²) in [6, 6.07) is 15.8. The summed E-state index contributed by atoms with van der Waals surface area (Å²) in [5.74, 6) is 1.47. The molecule has 1 heterocycles. The molecule has 2 unspecified atom stereocenters. The van der Waals surface area contributed by atoms with Gasteiger partial charge in [0.1, 0.15) is 6.04 Å². The van der Waals surface area contributed by atoms with Crippen LogP contribution in [-0.2, 0) is 11.2 Å². The number of benzene rings is 2. The molecule has 2 atom stereocenters. The van der Waals surface area contributed by atoms with Gasteiger partial charge in [-0.1, -0.05) is 30.3 Å². The Balaban J connectivity index is 1.49. The minimum atomic E-state index is -0.339. The van der Waals surface area contributed by atoms with Crippen molar-refractivity contribution in [3.63, 3.8) is 0 Å². The van der Waals surface area contributed by atoms with E-state index < -0.39 is 0 Å². The number of rotatable bonds is 7. The van der Waals surface area contributed by atoms with Crippen molar-refractivity contribution in [2.75, 3.05) is 18.5 Å². The Morgan fingerprint density at radius 3 is 2.56 bits per heavy atom. The van der Waals surface area contributed by atoms with Crippen molar-refractivity contribution in [1.82, 2.24) is 5.32 Å². The zero-order valence-corrected chi connectivity index (χ0v) is 16.0. The molecule has 3 rings (SSSR count). The van der Waals surface area contributed by atoms with Gasteiger partial charge in [-0.25, -0.2) is 0 Å². The van der Waals surface area contributed by atoms with E-state index in [-0.39, 0.29) is 18.0 Å². The van der Waals surface area contributed by atoms with Gasteiger partial charge in [0, 0.05) is 24.2 Å². The Hall–Kier alpha value is -2.69. The number of ether oxygens (including phenoxy) is 2. The second kappa shape index (κ2) is 9.31. The normalized spacial score (nSPS) is 15.3. The lowest BCUT2D eigenvalue weighted by Crippen LogP contribution is -2.42. The Labute approximate surface area is 161 Å². The summed E-state index contributed by atoms with van der Waals surface area (Å²) in [4.78, 5) is 12.5. The molecule has 2 aromatic carbocycles. The van der Waals surface area contributed by atoms with Gasteiger partial charge in [-0.15, -0.1) is 0 Å². The molecule has 1 aliphatic rings. The van der Waals surface area contributed by atoms with Crippen LogP contribution in [0.3, 0.4) is 0 Å². The van der Waals surface area contributed by atoms with E-state index in [1.165, 1.54) is 5.56 Å². The summed E-state index contributed by atoms with van der Waals surface area (Å²) in [6.45, 7) is 5.22. The van der Waals surface area contributed by atoms with Gasteiger partial charge in [0.2, 0.25) is 5.91 Å². The summed E-state index contributed by atoms with van der Waals surface area (Å²) >= 11 is 0. The van der Waals surface area contributed by atoms with Gasteiger partial charge < -0.3 is 20.1 Å². The first kappa shape index (κ1) is 19.1. The molecule has 2 N–H and O–H groups in total. The molecule has 0 aliphatic carbocycles. The van der Waals surface area contributed by atoms with E-state index in [1.54, 1.807) is 0 Å². The number of hydrogen-bond donors (Lipinski definition) is 2.